The van der Waals surface area contributed by atoms with Gasteiger partial charge in [-0.3, -0.25) is 37.9 Å². The first-order valence-electron chi connectivity index (χ1n) is 45.2. The number of carbonyl (C=O) groups excluding carboxylic acids is 4. The average Bonchev–Trinajstić information content (AvgIpc) is 1.67. The number of ether oxygens (including phenoxy) is 2. The third-order valence-corrected chi connectivity index (χ3v) is 24.2. The molecule has 8 aromatic carbocycles. The molecule has 140 heavy (non-hydrogen) atoms. The lowest BCUT2D eigenvalue weighted by molar-refractivity contribution is -0.133. The zero-order chi connectivity index (χ0) is 97.1. The van der Waals surface area contributed by atoms with E-state index in [2.05, 4.69) is 65.0 Å². The van der Waals surface area contributed by atoms with Crippen LogP contribution < -0.4 is 29.1 Å². The van der Waals surface area contributed by atoms with Gasteiger partial charge < -0.3 is 48.7 Å². The smallest absolute Gasteiger partial charge is 0.244 e. The van der Waals surface area contributed by atoms with Crippen molar-refractivity contribution in [3.8, 4) is 102 Å². The largest absolute Gasteiger partial charge is 0.497 e. The molecule has 4 aliphatic heterocycles. The monoisotopic (exact) mass is 1900 g/mol. The van der Waals surface area contributed by atoms with Crippen LogP contribution in [0, 0.1) is 46.5 Å². The highest BCUT2D eigenvalue weighted by molar-refractivity contribution is 5.82. The lowest BCUT2D eigenvalue weighted by Gasteiger charge is -2.35. The molecule has 0 saturated carbocycles. The van der Waals surface area contributed by atoms with Crippen molar-refractivity contribution in [3.63, 3.8) is 0 Å². The van der Waals surface area contributed by atoms with Crippen LogP contribution in [0.3, 0.4) is 0 Å². The molecule has 4 saturated heterocycles. The number of hydrogen-bond donors (Lipinski definition) is 0. The lowest BCUT2D eigenvalue weighted by Crippen LogP contribution is -2.50. The molecular formula is C104H94F8N22O6. The Kier molecular flexibility index (Phi) is 30.1. The summed E-state index contributed by atoms with van der Waals surface area (Å²) in [5.74, 6) is 1.39. The van der Waals surface area contributed by atoms with E-state index in [9.17, 15) is 54.3 Å². The minimum absolute atomic E-state index is 0.0230. The van der Waals surface area contributed by atoms with Crippen LogP contribution in [0.25, 0.3) is 90.1 Å². The Labute approximate surface area is 800 Å². The van der Waals surface area contributed by atoms with Gasteiger partial charge in [-0.05, 0) is 243 Å². The molecule has 0 spiro atoms. The van der Waals surface area contributed by atoms with Crippen LogP contribution in [-0.4, -0.2) is 231 Å². The van der Waals surface area contributed by atoms with Crippen LogP contribution in [0.5, 0.6) is 11.6 Å². The van der Waals surface area contributed by atoms with Crippen molar-refractivity contribution in [2.75, 3.05) is 139 Å². The molecule has 20 rings (SSSR count). The van der Waals surface area contributed by atoms with E-state index < -0.39 is 0 Å². The predicted octanol–water partition coefficient (Wildman–Crippen LogP) is 15.8. The van der Waals surface area contributed by atoms with Gasteiger partial charge in [-0.1, -0.05) is 6.07 Å². The van der Waals surface area contributed by atoms with Gasteiger partial charge in [0.1, 0.15) is 102 Å². The maximum atomic E-state index is 13.5. The summed E-state index contributed by atoms with van der Waals surface area (Å²) in [5, 5.41) is 18.5. The van der Waals surface area contributed by atoms with Crippen molar-refractivity contribution in [1.82, 2.24) is 88.6 Å². The highest BCUT2D eigenvalue weighted by Gasteiger charge is 2.31. The van der Waals surface area contributed by atoms with Gasteiger partial charge in [-0.15, -0.1) is 0 Å². The van der Waals surface area contributed by atoms with Gasteiger partial charge in [0.25, 0.3) is 0 Å². The highest BCUT2D eigenvalue weighted by atomic mass is 19.2. The molecule has 0 bridgehead atoms. The minimum atomic E-state index is -0.348. The molecule has 28 nitrogen and oxygen atoms in total. The summed E-state index contributed by atoms with van der Waals surface area (Å²) in [6.07, 6.45) is 8.33. The molecule has 0 unspecified atom stereocenters. The Morgan fingerprint density at radius 2 is 0.529 bits per heavy atom. The Balaban J connectivity index is 0.000000129. The molecule has 4 amide bonds. The number of piperazine rings is 4. The van der Waals surface area contributed by atoms with Crippen molar-refractivity contribution in [1.29, 1.82) is 0 Å². The van der Waals surface area contributed by atoms with E-state index in [0.717, 1.165) is 67.7 Å². The summed E-state index contributed by atoms with van der Waals surface area (Å²) in [6, 6.07) is 68.7. The minimum Gasteiger partial charge on any atom is -0.497 e. The number of hydrogen-bond acceptors (Lipinski definition) is 20. The van der Waals surface area contributed by atoms with Crippen LogP contribution in [-0.2, 0) is 45.4 Å². The van der Waals surface area contributed by atoms with Gasteiger partial charge in [0.05, 0.1) is 59.8 Å². The summed E-state index contributed by atoms with van der Waals surface area (Å²) < 4.78 is 125. The highest BCUT2D eigenvalue weighted by Crippen LogP contribution is 2.34. The van der Waals surface area contributed by atoms with Crippen LogP contribution in [0.15, 0.2) is 292 Å². The summed E-state index contributed by atoms with van der Waals surface area (Å²) >= 11 is 0. The number of carbonyl (C=O) groups is 4. The maximum Gasteiger partial charge on any atom is 0.244 e. The number of anilines is 4. The fourth-order valence-electron chi connectivity index (χ4n) is 16.5. The molecule has 0 atom stereocenters. The Morgan fingerprint density at radius 3 is 0.814 bits per heavy atom. The number of methoxy groups -OCH3 is 2. The zero-order valence-corrected chi connectivity index (χ0v) is 76.2. The maximum absolute atomic E-state index is 13.5. The van der Waals surface area contributed by atoms with E-state index in [1.54, 1.807) is 183 Å². The normalized spacial score (nSPS) is 13.7. The van der Waals surface area contributed by atoms with Crippen LogP contribution in [0.1, 0.15) is 0 Å². The van der Waals surface area contributed by atoms with E-state index in [4.69, 9.17) is 9.47 Å². The molecule has 4 aliphatic rings. The molecule has 36 heteroatoms. The lowest BCUT2D eigenvalue weighted by atomic mass is 10.1. The number of rotatable bonds is 22. The number of benzene rings is 8. The fourth-order valence-corrected chi connectivity index (χ4v) is 16.5. The molecule has 4 fully saturated rings. The van der Waals surface area contributed by atoms with E-state index >= 15 is 0 Å². The number of pyridine rings is 2. The van der Waals surface area contributed by atoms with Crippen LogP contribution >= 0.6 is 0 Å². The van der Waals surface area contributed by atoms with Crippen molar-refractivity contribution in [2.24, 2.45) is 0 Å². The molecular weight excluding hydrogens is 1810 g/mol. The van der Waals surface area contributed by atoms with Gasteiger partial charge in [0, 0.05) is 186 Å². The van der Waals surface area contributed by atoms with Crippen LogP contribution in [0.4, 0.5) is 58.5 Å². The van der Waals surface area contributed by atoms with Crippen LogP contribution in [0.2, 0.25) is 0 Å². The van der Waals surface area contributed by atoms with Crippen molar-refractivity contribution in [2.45, 2.75) is 26.2 Å². The molecule has 712 valence electrons. The summed E-state index contributed by atoms with van der Waals surface area (Å²) in [7, 11) is 3.17. The van der Waals surface area contributed by atoms with Crippen molar-refractivity contribution >= 4 is 47.0 Å². The summed E-state index contributed by atoms with van der Waals surface area (Å²) in [6.45, 7) is 9.82. The molecule has 0 N–H and O–H groups in total. The predicted molar refractivity (Wildman–Crippen MR) is 513 cm³/mol. The first-order chi connectivity index (χ1) is 68.1. The quantitative estimate of drug-likeness (QED) is 0.0571. The molecule has 12 heterocycles. The number of aromatic nitrogens is 14. The first kappa shape index (κ1) is 94.9. The third-order valence-electron chi connectivity index (χ3n) is 24.2. The number of amides is 4. The molecule has 0 radical (unpaired) electrons. The number of nitrogens with zero attached hydrogens (tertiary/aromatic N) is 22. The fraction of sp³-hybridized carbons (Fsp3) is 0.212. The summed E-state index contributed by atoms with van der Waals surface area (Å²) in [4.78, 5) is 94.1. The standard InChI is InChI=1S/C27H25F2N5O2.C26H24F2N6O2.C26H23F2N5O.C25H22F2N6O/c1-36-23-10-11-30-26(16-23)32-12-14-33(15-13-32)27(35)18-34-25(20-4-8-22(29)9-5-20)17-24(31-34)19-2-6-21(28)7-3-19;1-36-25-15-24(29-17-30-25)32-10-12-33(13-11-32)26(35)16-34-23(19-4-8-21(28)9-5-19)14-22(31-34)18-2-6-20(27)7-3-18;27-21-8-4-19(5-9-21)23-17-24(20-6-10-22(28)11-7-20)33(30-23)18-26(34)32-15-13-31(14-16-32)25-3-1-2-12-29-25;26-20-6-2-18(3-7-20)22-16-23(19-4-8-21(27)9-5-19)33(30-22)17-24(34)31-12-14-32(15-13-31)25-28-10-1-11-29-25/h2-11,16-17H,12-15,18H2,1H3;2-9,14-15,17H,10-13,16H2,1H3;1-12,17H,13-16,18H2;1-11,16H,12-15,17H2. The molecule has 16 aromatic rings. The van der Waals surface area contributed by atoms with Crippen molar-refractivity contribution in [3.05, 3.63) is 339 Å². The summed E-state index contributed by atoms with van der Waals surface area (Å²) in [5.41, 5.74) is 11.0. The second-order valence-electron chi connectivity index (χ2n) is 33.0. The van der Waals surface area contributed by atoms with Gasteiger partial charge in [0.15, 0.2) is 0 Å². The second-order valence-corrected chi connectivity index (χ2v) is 33.0. The topological polar surface area (TPSA) is 261 Å². The SMILES string of the molecule is COc1cc(N2CCN(C(=O)Cn3nc(-c4ccc(F)cc4)cc3-c3ccc(F)cc3)CC2)ncn1.COc1ccnc(N2CCN(C(=O)Cn3nc(-c4ccc(F)cc4)cc3-c3ccc(F)cc3)CC2)c1.O=C(Cn1nc(-c2ccc(F)cc2)cc1-c1ccc(F)cc1)N1CCN(c2ccccn2)CC1.O=C(Cn1nc(-c2ccc(F)cc2)cc1-c1ccc(F)cc1)N1CCN(c2ncccn2)CC1. The van der Waals surface area contributed by atoms with E-state index in [1.807, 2.05) is 63.2 Å². The number of halogens is 8. The molecule has 8 aromatic heterocycles. The van der Waals surface area contributed by atoms with E-state index in [1.165, 1.54) is 103 Å². The third kappa shape index (κ3) is 23.8. The van der Waals surface area contributed by atoms with Gasteiger partial charge >= 0.3 is 0 Å². The Bertz CT molecular complexity index is 6470. The molecule has 0 aliphatic carbocycles. The first-order valence-corrected chi connectivity index (χ1v) is 45.2. The Hall–Kier alpha value is -16.8. The van der Waals surface area contributed by atoms with E-state index in [0.29, 0.717) is 162 Å². The van der Waals surface area contributed by atoms with Gasteiger partial charge in [0.2, 0.25) is 35.5 Å². The van der Waals surface area contributed by atoms with Crippen molar-refractivity contribution < 1.29 is 63.8 Å². The zero-order valence-electron chi connectivity index (χ0n) is 76.2. The van der Waals surface area contributed by atoms with Gasteiger partial charge in [-0.25, -0.2) is 65.0 Å². The second kappa shape index (κ2) is 44.3. The van der Waals surface area contributed by atoms with E-state index in [-0.39, 0.29) is 96.3 Å². The Morgan fingerprint density at radius 1 is 0.257 bits per heavy atom. The van der Waals surface area contributed by atoms with Gasteiger partial charge in [-0.2, -0.15) is 20.4 Å². The average molecular weight is 1900 g/mol.